The SMILES string of the molecule is CCCC1CCN(Cc2ccc(F)c(C#CCCO)c2)C1. The van der Waals surface area contributed by atoms with Gasteiger partial charge in [0.1, 0.15) is 5.82 Å². The van der Waals surface area contributed by atoms with Crippen molar-refractivity contribution in [3.05, 3.63) is 35.1 Å². The third-order valence-electron chi connectivity index (χ3n) is 3.96. The molecule has 1 fully saturated rings. The van der Waals surface area contributed by atoms with Gasteiger partial charge in [-0.1, -0.05) is 31.3 Å². The van der Waals surface area contributed by atoms with E-state index in [1.54, 1.807) is 0 Å². The van der Waals surface area contributed by atoms with Gasteiger partial charge in [-0.05, 0) is 43.0 Å². The Morgan fingerprint density at radius 2 is 2.29 bits per heavy atom. The van der Waals surface area contributed by atoms with Crippen LogP contribution in [-0.2, 0) is 6.54 Å². The minimum Gasteiger partial charge on any atom is -0.395 e. The topological polar surface area (TPSA) is 23.5 Å². The predicted octanol–water partition coefficient (Wildman–Crippen LogP) is 3.18. The number of hydrogen-bond donors (Lipinski definition) is 1. The fourth-order valence-electron chi connectivity index (χ4n) is 2.94. The van der Waals surface area contributed by atoms with Crippen molar-refractivity contribution < 1.29 is 9.50 Å². The first kappa shape index (κ1) is 16.0. The number of hydrogen-bond acceptors (Lipinski definition) is 2. The van der Waals surface area contributed by atoms with Crippen LogP contribution in [0.5, 0.6) is 0 Å². The Morgan fingerprint density at radius 3 is 3.05 bits per heavy atom. The molecule has 0 radical (unpaired) electrons. The van der Waals surface area contributed by atoms with Crippen LogP contribution in [0.1, 0.15) is 43.7 Å². The first-order chi connectivity index (χ1) is 10.2. The highest BCUT2D eigenvalue weighted by atomic mass is 19.1. The number of rotatable bonds is 5. The summed E-state index contributed by atoms with van der Waals surface area (Å²) in [4.78, 5) is 2.44. The van der Waals surface area contributed by atoms with Crippen LogP contribution >= 0.6 is 0 Å². The molecule has 2 rings (SSSR count). The molecule has 3 heteroatoms. The van der Waals surface area contributed by atoms with E-state index < -0.39 is 0 Å². The van der Waals surface area contributed by atoms with Gasteiger partial charge in [0.05, 0.1) is 12.2 Å². The van der Waals surface area contributed by atoms with E-state index >= 15 is 0 Å². The van der Waals surface area contributed by atoms with Gasteiger partial charge >= 0.3 is 0 Å². The molecule has 1 saturated heterocycles. The molecule has 0 aliphatic carbocycles. The van der Waals surface area contributed by atoms with E-state index in [1.165, 1.54) is 25.3 Å². The van der Waals surface area contributed by atoms with Gasteiger partial charge in [-0.15, -0.1) is 0 Å². The van der Waals surface area contributed by atoms with Crippen molar-refractivity contribution in [2.75, 3.05) is 19.7 Å². The van der Waals surface area contributed by atoms with Crippen LogP contribution in [0.3, 0.4) is 0 Å². The number of nitrogens with zero attached hydrogens (tertiary/aromatic N) is 1. The molecule has 1 aliphatic heterocycles. The molecule has 0 bridgehead atoms. The molecule has 1 aromatic carbocycles. The maximum atomic E-state index is 13.7. The summed E-state index contributed by atoms with van der Waals surface area (Å²) in [5.74, 6) is 6.12. The molecular weight excluding hydrogens is 265 g/mol. The standard InChI is InChI=1S/C18H24FNO/c1-2-5-15-9-10-20(13-15)14-16-7-8-18(19)17(12-16)6-3-4-11-21/h7-8,12,15,21H,2,4-5,9-11,13-14H2,1H3. The molecule has 0 spiro atoms. The average Bonchev–Trinajstić information content (AvgIpc) is 2.90. The highest BCUT2D eigenvalue weighted by Gasteiger charge is 2.21. The van der Waals surface area contributed by atoms with Crippen LogP contribution in [0, 0.1) is 23.6 Å². The van der Waals surface area contributed by atoms with Gasteiger partial charge in [0.2, 0.25) is 0 Å². The zero-order valence-corrected chi connectivity index (χ0v) is 12.7. The summed E-state index contributed by atoms with van der Waals surface area (Å²) < 4.78 is 13.7. The van der Waals surface area contributed by atoms with E-state index in [4.69, 9.17) is 5.11 Å². The molecule has 1 heterocycles. The van der Waals surface area contributed by atoms with Gasteiger partial charge < -0.3 is 5.11 Å². The Labute approximate surface area is 127 Å². The van der Waals surface area contributed by atoms with Gasteiger partial charge in [0.25, 0.3) is 0 Å². The quantitative estimate of drug-likeness (QED) is 0.842. The van der Waals surface area contributed by atoms with Crippen molar-refractivity contribution in [3.8, 4) is 11.8 Å². The second-order valence-corrected chi connectivity index (χ2v) is 5.77. The summed E-state index contributed by atoms with van der Waals surface area (Å²) in [6.07, 6.45) is 4.21. The number of benzene rings is 1. The molecule has 114 valence electrons. The van der Waals surface area contributed by atoms with Gasteiger partial charge in [0, 0.05) is 19.5 Å². The number of aliphatic hydroxyl groups is 1. The van der Waals surface area contributed by atoms with Crippen LogP contribution in [0.2, 0.25) is 0 Å². The minimum atomic E-state index is -0.283. The highest BCUT2D eigenvalue weighted by molar-refractivity contribution is 5.38. The van der Waals surface area contributed by atoms with E-state index in [9.17, 15) is 4.39 Å². The normalized spacial score (nSPS) is 18.5. The first-order valence-corrected chi connectivity index (χ1v) is 7.83. The Morgan fingerprint density at radius 1 is 1.43 bits per heavy atom. The molecule has 1 aliphatic rings. The Hall–Kier alpha value is -1.37. The molecule has 0 amide bonds. The van der Waals surface area contributed by atoms with E-state index in [0.29, 0.717) is 12.0 Å². The lowest BCUT2D eigenvalue weighted by atomic mass is 10.0. The maximum absolute atomic E-state index is 13.7. The molecule has 1 atom stereocenters. The van der Waals surface area contributed by atoms with Gasteiger partial charge in [-0.3, -0.25) is 4.90 Å². The summed E-state index contributed by atoms with van der Waals surface area (Å²) in [5, 5.41) is 8.72. The highest BCUT2D eigenvalue weighted by Crippen LogP contribution is 2.23. The summed E-state index contributed by atoms with van der Waals surface area (Å²) in [6, 6.07) is 5.18. The van der Waals surface area contributed by atoms with Crippen LogP contribution in [0.4, 0.5) is 4.39 Å². The summed E-state index contributed by atoms with van der Waals surface area (Å²) >= 11 is 0. The molecular formula is C18H24FNO. The lowest BCUT2D eigenvalue weighted by Gasteiger charge is -2.16. The number of likely N-dealkylation sites (tertiary alicyclic amines) is 1. The zero-order chi connectivity index (χ0) is 15.1. The molecule has 0 aromatic heterocycles. The Kier molecular flexibility index (Phi) is 6.22. The van der Waals surface area contributed by atoms with Crippen molar-refractivity contribution in [2.24, 2.45) is 5.92 Å². The van der Waals surface area contributed by atoms with Crippen LogP contribution < -0.4 is 0 Å². The fraction of sp³-hybridized carbons (Fsp3) is 0.556. The van der Waals surface area contributed by atoms with Crippen molar-refractivity contribution >= 4 is 0 Å². The summed E-state index contributed by atoms with van der Waals surface area (Å²) in [6.45, 7) is 5.40. The lowest BCUT2D eigenvalue weighted by Crippen LogP contribution is -2.20. The molecule has 1 aromatic rings. The smallest absolute Gasteiger partial charge is 0.138 e. The largest absolute Gasteiger partial charge is 0.395 e. The van der Waals surface area contributed by atoms with E-state index in [0.717, 1.165) is 31.1 Å². The number of aliphatic hydroxyl groups excluding tert-OH is 1. The second-order valence-electron chi connectivity index (χ2n) is 5.77. The van der Waals surface area contributed by atoms with Crippen molar-refractivity contribution in [3.63, 3.8) is 0 Å². The molecule has 1 N–H and O–H groups in total. The molecule has 0 saturated carbocycles. The summed E-state index contributed by atoms with van der Waals surface area (Å²) in [7, 11) is 0. The lowest BCUT2D eigenvalue weighted by molar-refractivity contribution is 0.305. The maximum Gasteiger partial charge on any atom is 0.138 e. The van der Waals surface area contributed by atoms with Crippen LogP contribution in [0.25, 0.3) is 0 Å². The van der Waals surface area contributed by atoms with Gasteiger partial charge in [0.15, 0.2) is 0 Å². The van der Waals surface area contributed by atoms with Crippen molar-refractivity contribution in [2.45, 2.75) is 39.2 Å². The van der Waals surface area contributed by atoms with E-state index in [2.05, 4.69) is 23.7 Å². The van der Waals surface area contributed by atoms with Crippen molar-refractivity contribution in [1.29, 1.82) is 0 Å². The average molecular weight is 289 g/mol. The van der Waals surface area contributed by atoms with Gasteiger partial charge in [-0.25, -0.2) is 4.39 Å². The minimum absolute atomic E-state index is 0.0148. The summed E-state index contributed by atoms with van der Waals surface area (Å²) in [5.41, 5.74) is 1.55. The Balaban J connectivity index is 1.98. The fourth-order valence-corrected chi connectivity index (χ4v) is 2.94. The molecule has 1 unspecified atom stereocenters. The van der Waals surface area contributed by atoms with E-state index in [-0.39, 0.29) is 12.4 Å². The van der Waals surface area contributed by atoms with Crippen LogP contribution in [-0.4, -0.2) is 29.7 Å². The predicted molar refractivity (Wildman–Crippen MR) is 83.3 cm³/mol. The first-order valence-electron chi connectivity index (χ1n) is 7.83. The third kappa shape index (κ3) is 4.84. The Bertz CT molecular complexity index is 518. The monoisotopic (exact) mass is 289 g/mol. The molecule has 21 heavy (non-hydrogen) atoms. The van der Waals surface area contributed by atoms with E-state index in [1.807, 2.05) is 12.1 Å². The van der Waals surface area contributed by atoms with Crippen LogP contribution in [0.15, 0.2) is 18.2 Å². The van der Waals surface area contributed by atoms with Gasteiger partial charge in [-0.2, -0.15) is 0 Å². The zero-order valence-electron chi connectivity index (χ0n) is 12.7. The number of halogens is 1. The molecule has 2 nitrogen and oxygen atoms in total. The second kappa shape index (κ2) is 8.17. The third-order valence-corrected chi connectivity index (χ3v) is 3.96. The van der Waals surface area contributed by atoms with Crippen molar-refractivity contribution in [1.82, 2.24) is 4.90 Å².